The van der Waals surface area contributed by atoms with Crippen LogP contribution in [0.2, 0.25) is 0 Å². The van der Waals surface area contributed by atoms with Gasteiger partial charge in [-0.15, -0.1) is 0 Å². The van der Waals surface area contributed by atoms with Gasteiger partial charge in [-0.3, -0.25) is 4.79 Å². The molecule has 0 amide bonds. The van der Waals surface area contributed by atoms with Crippen molar-refractivity contribution < 1.29 is 28.3 Å². The molecule has 32 heavy (non-hydrogen) atoms. The Morgan fingerprint density at radius 1 is 0.844 bits per heavy atom. The second-order valence-electron chi connectivity index (χ2n) is 7.07. The molecule has 3 aromatic rings. The third-order valence-corrected chi connectivity index (χ3v) is 4.99. The van der Waals surface area contributed by atoms with Gasteiger partial charge in [0.1, 0.15) is 19.0 Å². The lowest BCUT2D eigenvalue weighted by Crippen LogP contribution is -2.31. The van der Waals surface area contributed by atoms with Crippen molar-refractivity contribution in [3.63, 3.8) is 0 Å². The minimum atomic E-state index is -0.577. The lowest BCUT2D eigenvalue weighted by Gasteiger charge is -2.24. The molecule has 0 atom stereocenters. The third-order valence-electron chi connectivity index (χ3n) is 4.99. The van der Waals surface area contributed by atoms with Crippen LogP contribution in [0.25, 0.3) is 6.08 Å². The zero-order chi connectivity index (χ0) is 22.3. The van der Waals surface area contributed by atoms with Gasteiger partial charge in [0.15, 0.2) is 5.78 Å². The minimum absolute atomic E-state index is 0.123. The van der Waals surface area contributed by atoms with Crippen LogP contribution in [0.15, 0.2) is 77.4 Å². The van der Waals surface area contributed by atoms with E-state index in [0.29, 0.717) is 24.4 Å². The predicted octanol–water partition coefficient (Wildman–Crippen LogP) is 4.01. The van der Waals surface area contributed by atoms with E-state index in [2.05, 4.69) is 0 Å². The molecule has 7 heteroatoms. The van der Waals surface area contributed by atoms with Crippen LogP contribution < -0.4 is 4.90 Å². The van der Waals surface area contributed by atoms with Gasteiger partial charge >= 0.3 is 11.9 Å². The van der Waals surface area contributed by atoms with Crippen LogP contribution in [0.3, 0.4) is 0 Å². The summed E-state index contributed by atoms with van der Waals surface area (Å²) >= 11 is 0. The van der Waals surface area contributed by atoms with Crippen LogP contribution in [0, 0.1) is 0 Å². The number of benzene rings is 2. The van der Waals surface area contributed by atoms with Gasteiger partial charge in [0.2, 0.25) is 0 Å². The summed E-state index contributed by atoms with van der Waals surface area (Å²) < 4.78 is 16.0. The molecule has 0 unspecified atom stereocenters. The number of fused-ring (bicyclic) bond motifs is 1. The minimum Gasteiger partial charge on any atom is -0.465 e. The van der Waals surface area contributed by atoms with Crippen LogP contribution in [0.5, 0.6) is 0 Å². The summed E-state index contributed by atoms with van der Waals surface area (Å²) in [6.45, 7) is 1.01. The highest BCUT2D eigenvalue weighted by atomic mass is 16.5. The highest BCUT2D eigenvalue weighted by molar-refractivity contribution is 6.07. The molecule has 7 nitrogen and oxygen atoms in total. The number of hydrogen-bond acceptors (Lipinski definition) is 7. The fraction of sp³-hybridized carbons (Fsp3) is 0.160. The average Bonchev–Trinajstić information content (AvgIpc) is 3.34. The van der Waals surface area contributed by atoms with Gasteiger partial charge in [-0.2, -0.15) is 0 Å². The molecule has 2 aromatic carbocycles. The number of ether oxygens (including phenoxy) is 2. The summed E-state index contributed by atoms with van der Waals surface area (Å²) in [5.41, 5.74) is 1.62. The quantitative estimate of drug-likeness (QED) is 0.350. The molecule has 0 radical (unpaired) electrons. The van der Waals surface area contributed by atoms with Crippen molar-refractivity contribution in [1.82, 2.24) is 0 Å². The highest BCUT2D eigenvalue weighted by Crippen LogP contribution is 2.19. The van der Waals surface area contributed by atoms with Crippen LogP contribution in [-0.4, -0.2) is 44.0 Å². The molecule has 1 aliphatic rings. The smallest absolute Gasteiger partial charge is 0.339 e. The van der Waals surface area contributed by atoms with Crippen LogP contribution in [0.4, 0.5) is 5.69 Å². The third kappa shape index (κ3) is 4.95. The Bertz CT molecular complexity index is 1110. The number of nitrogens with zero attached hydrogens (tertiary/aromatic N) is 1. The maximum absolute atomic E-state index is 12.6. The summed E-state index contributed by atoms with van der Waals surface area (Å²) in [5, 5.41) is 0. The standard InChI is InChI=1S/C25H21NO6/c27-23(11-10-20-7-4-14-30-20)18-5-3-6-19(17-18)26-12-15-31-24(28)21-8-1-2-9-22(21)25(29)32-16-13-26/h1-11,14,17H,12-13,15-16H2/b11-10+. The highest BCUT2D eigenvalue weighted by Gasteiger charge is 2.21. The van der Waals surface area contributed by atoms with Gasteiger partial charge < -0.3 is 18.8 Å². The average molecular weight is 431 g/mol. The first-order valence-electron chi connectivity index (χ1n) is 10.2. The normalized spacial score (nSPS) is 14.9. The molecule has 0 aliphatic carbocycles. The Morgan fingerprint density at radius 2 is 1.53 bits per heavy atom. The lowest BCUT2D eigenvalue weighted by atomic mass is 10.1. The van der Waals surface area contributed by atoms with Crippen LogP contribution >= 0.6 is 0 Å². The number of esters is 2. The molecule has 4 rings (SSSR count). The maximum Gasteiger partial charge on any atom is 0.339 e. The predicted molar refractivity (Wildman–Crippen MR) is 118 cm³/mol. The molecule has 0 saturated heterocycles. The Morgan fingerprint density at radius 3 is 2.16 bits per heavy atom. The molecule has 0 saturated carbocycles. The second-order valence-corrected chi connectivity index (χ2v) is 7.07. The van der Waals surface area contributed by atoms with E-state index in [-0.39, 0.29) is 30.1 Å². The molecule has 0 spiro atoms. The topological polar surface area (TPSA) is 86.1 Å². The number of carbonyl (C=O) groups is 3. The number of hydrogen-bond donors (Lipinski definition) is 0. The monoisotopic (exact) mass is 431 g/mol. The Kier molecular flexibility index (Phi) is 6.46. The summed E-state index contributed by atoms with van der Waals surface area (Å²) in [6, 6.07) is 17.0. The van der Waals surface area contributed by atoms with Crippen molar-refractivity contribution in [3.8, 4) is 0 Å². The van der Waals surface area contributed by atoms with Gasteiger partial charge in [0, 0.05) is 11.3 Å². The van der Waals surface area contributed by atoms with E-state index in [9.17, 15) is 14.4 Å². The number of furan rings is 1. The Labute approximate surface area is 184 Å². The Balaban J connectivity index is 1.50. The molecule has 0 N–H and O–H groups in total. The lowest BCUT2D eigenvalue weighted by molar-refractivity contribution is 0.0488. The summed E-state index contributed by atoms with van der Waals surface area (Å²) in [7, 11) is 0. The van der Waals surface area contributed by atoms with E-state index in [4.69, 9.17) is 13.9 Å². The molecule has 0 fully saturated rings. The SMILES string of the molecule is O=C(/C=C/c1ccco1)c1cccc(N2CCOC(=O)c3ccccc3C(=O)OCC2)c1. The van der Waals surface area contributed by atoms with Crippen LogP contribution in [-0.2, 0) is 9.47 Å². The van der Waals surface area contributed by atoms with Gasteiger partial charge in [-0.1, -0.05) is 24.3 Å². The number of allylic oxidation sites excluding steroid dienone is 1. The first kappa shape index (κ1) is 21.1. The van der Waals surface area contributed by atoms with Crippen molar-refractivity contribution in [1.29, 1.82) is 0 Å². The van der Waals surface area contributed by atoms with E-state index in [0.717, 1.165) is 5.69 Å². The van der Waals surface area contributed by atoms with Crippen molar-refractivity contribution >= 4 is 29.5 Å². The first-order chi connectivity index (χ1) is 15.6. The summed E-state index contributed by atoms with van der Waals surface area (Å²) in [5.74, 6) is -0.738. The van der Waals surface area contributed by atoms with E-state index >= 15 is 0 Å². The fourth-order valence-electron chi connectivity index (χ4n) is 3.36. The number of anilines is 1. The first-order valence-corrected chi connectivity index (χ1v) is 10.2. The Hall–Kier alpha value is -4.13. The zero-order valence-corrected chi connectivity index (χ0v) is 17.2. The summed E-state index contributed by atoms with van der Waals surface area (Å²) in [6.07, 6.45) is 4.60. The molecule has 2 heterocycles. The number of rotatable bonds is 4. The fourth-order valence-corrected chi connectivity index (χ4v) is 3.36. The molecule has 1 aromatic heterocycles. The maximum atomic E-state index is 12.6. The van der Waals surface area contributed by atoms with E-state index in [1.807, 2.05) is 11.0 Å². The molecule has 162 valence electrons. The molecule has 0 bridgehead atoms. The zero-order valence-electron chi connectivity index (χ0n) is 17.2. The van der Waals surface area contributed by atoms with Crippen molar-refractivity contribution in [2.75, 3.05) is 31.2 Å². The molecular formula is C25H21NO6. The summed E-state index contributed by atoms with van der Waals surface area (Å²) in [4.78, 5) is 39.3. The van der Waals surface area contributed by atoms with Gasteiger partial charge in [-0.05, 0) is 48.6 Å². The van der Waals surface area contributed by atoms with Gasteiger partial charge in [0.25, 0.3) is 0 Å². The number of cyclic esters (lactones) is 2. The van der Waals surface area contributed by atoms with E-state index in [1.54, 1.807) is 60.7 Å². The number of carbonyl (C=O) groups excluding carboxylic acids is 3. The second kappa shape index (κ2) is 9.78. The van der Waals surface area contributed by atoms with E-state index in [1.165, 1.54) is 12.3 Å². The van der Waals surface area contributed by atoms with E-state index < -0.39 is 11.9 Å². The molecular weight excluding hydrogens is 410 g/mol. The van der Waals surface area contributed by atoms with Crippen molar-refractivity contribution in [2.24, 2.45) is 0 Å². The van der Waals surface area contributed by atoms with Crippen LogP contribution in [0.1, 0.15) is 36.8 Å². The van der Waals surface area contributed by atoms with Crippen molar-refractivity contribution in [2.45, 2.75) is 0 Å². The molecule has 1 aliphatic heterocycles. The van der Waals surface area contributed by atoms with Crippen molar-refractivity contribution in [3.05, 3.63) is 95.5 Å². The number of ketones is 1. The van der Waals surface area contributed by atoms with Gasteiger partial charge in [0.05, 0.1) is 30.5 Å². The van der Waals surface area contributed by atoms with Gasteiger partial charge in [-0.25, -0.2) is 9.59 Å². The largest absolute Gasteiger partial charge is 0.465 e.